The minimum absolute atomic E-state index is 0.0426. The van der Waals surface area contributed by atoms with Crippen LogP contribution in [0.5, 0.6) is 5.75 Å². The van der Waals surface area contributed by atoms with Gasteiger partial charge in [0.25, 0.3) is 0 Å². The number of nitrogens with zero attached hydrogens (tertiary/aromatic N) is 1. The Balaban J connectivity index is 2.35. The highest BCUT2D eigenvalue weighted by atomic mass is 35.5. The van der Waals surface area contributed by atoms with Crippen molar-refractivity contribution in [3.05, 3.63) is 51.6 Å². The van der Waals surface area contributed by atoms with E-state index in [9.17, 15) is 4.79 Å². The Morgan fingerprint density at radius 2 is 1.70 bits per heavy atom. The van der Waals surface area contributed by atoms with Gasteiger partial charge in [-0.3, -0.25) is 4.79 Å². The van der Waals surface area contributed by atoms with Gasteiger partial charge in [-0.1, -0.05) is 25.4 Å². The molecule has 120 valence electrons. The number of aryl methyl sites for hydroxylation is 1. The van der Waals surface area contributed by atoms with Crippen LogP contribution in [0.3, 0.4) is 0 Å². The molecular weight excluding hydrogens is 310 g/mol. The van der Waals surface area contributed by atoms with Gasteiger partial charge < -0.3 is 9.30 Å². The summed E-state index contributed by atoms with van der Waals surface area (Å²) in [5.74, 6) is 0.796. The van der Waals surface area contributed by atoms with Crippen LogP contribution < -0.4 is 10.2 Å². The van der Waals surface area contributed by atoms with Crippen molar-refractivity contribution in [2.24, 2.45) is 0 Å². The molecule has 0 aliphatic rings. The quantitative estimate of drug-likeness (QED) is 0.616. The number of aromatic nitrogens is 1. The normalized spacial score (nSPS) is 11.3. The summed E-state index contributed by atoms with van der Waals surface area (Å²) in [6.45, 7) is 5.69. The number of ether oxygens (including phenoxy) is 1. The van der Waals surface area contributed by atoms with Crippen LogP contribution in [0.15, 0.2) is 41.2 Å². The molecule has 0 fully saturated rings. The predicted octanol–water partition coefficient (Wildman–Crippen LogP) is 5.01. The van der Waals surface area contributed by atoms with E-state index in [0.717, 1.165) is 41.6 Å². The SMILES string of the molecule is CCCOc1ccc2c(=O)c3ccc(Cl)cc3n(CCC)c2c1. The summed E-state index contributed by atoms with van der Waals surface area (Å²) in [5.41, 5.74) is 1.82. The Morgan fingerprint density at radius 3 is 2.39 bits per heavy atom. The van der Waals surface area contributed by atoms with Gasteiger partial charge in [-0.25, -0.2) is 0 Å². The molecule has 0 bridgehead atoms. The summed E-state index contributed by atoms with van der Waals surface area (Å²) < 4.78 is 7.89. The molecule has 0 saturated carbocycles. The van der Waals surface area contributed by atoms with Gasteiger partial charge in [0.2, 0.25) is 0 Å². The number of hydrogen-bond acceptors (Lipinski definition) is 2. The number of hydrogen-bond donors (Lipinski definition) is 0. The lowest BCUT2D eigenvalue weighted by Gasteiger charge is -2.16. The monoisotopic (exact) mass is 329 g/mol. The lowest BCUT2D eigenvalue weighted by Crippen LogP contribution is -2.12. The van der Waals surface area contributed by atoms with Gasteiger partial charge in [0.15, 0.2) is 5.43 Å². The Kier molecular flexibility index (Phi) is 4.58. The maximum Gasteiger partial charge on any atom is 0.197 e. The van der Waals surface area contributed by atoms with Crippen molar-refractivity contribution in [1.82, 2.24) is 4.57 Å². The van der Waals surface area contributed by atoms with Crippen LogP contribution in [0.1, 0.15) is 26.7 Å². The van der Waals surface area contributed by atoms with Gasteiger partial charge in [-0.05, 0) is 43.2 Å². The molecule has 0 atom stereocenters. The van der Waals surface area contributed by atoms with E-state index in [4.69, 9.17) is 16.3 Å². The van der Waals surface area contributed by atoms with E-state index in [2.05, 4.69) is 18.4 Å². The smallest absolute Gasteiger partial charge is 0.197 e. The highest BCUT2D eigenvalue weighted by Crippen LogP contribution is 2.25. The van der Waals surface area contributed by atoms with Crippen molar-refractivity contribution in [1.29, 1.82) is 0 Å². The van der Waals surface area contributed by atoms with Crippen molar-refractivity contribution < 1.29 is 4.74 Å². The Morgan fingerprint density at radius 1 is 1.00 bits per heavy atom. The maximum absolute atomic E-state index is 12.8. The number of rotatable bonds is 5. The standard InChI is InChI=1S/C19H20ClNO2/c1-3-9-21-17-11-13(20)5-7-15(17)19(22)16-8-6-14(12-18(16)21)23-10-4-2/h5-8,11-12H,3-4,9-10H2,1-2H3. The van der Waals surface area contributed by atoms with E-state index in [-0.39, 0.29) is 5.43 Å². The van der Waals surface area contributed by atoms with Crippen LogP contribution in [0, 0.1) is 0 Å². The Hall–Kier alpha value is -2.00. The first-order chi connectivity index (χ1) is 11.2. The van der Waals surface area contributed by atoms with Crippen LogP contribution in [-0.4, -0.2) is 11.2 Å². The van der Waals surface area contributed by atoms with Crippen molar-refractivity contribution in [3.63, 3.8) is 0 Å². The molecule has 0 aliphatic heterocycles. The van der Waals surface area contributed by atoms with Gasteiger partial charge >= 0.3 is 0 Å². The molecule has 4 heteroatoms. The van der Waals surface area contributed by atoms with Crippen LogP contribution in [0.4, 0.5) is 0 Å². The third-order valence-electron chi connectivity index (χ3n) is 3.92. The molecule has 0 radical (unpaired) electrons. The molecule has 0 aliphatic carbocycles. The largest absolute Gasteiger partial charge is 0.494 e. The van der Waals surface area contributed by atoms with Crippen LogP contribution in [-0.2, 0) is 6.54 Å². The average Bonchev–Trinajstić information content (AvgIpc) is 2.56. The molecule has 1 aromatic heterocycles. The number of fused-ring (bicyclic) bond motifs is 2. The van der Waals surface area contributed by atoms with Crippen molar-refractivity contribution in [3.8, 4) is 5.75 Å². The van der Waals surface area contributed by atoms with Gasteiger partial charge in [-0.2, -0.15) is 0 Å². The van der Waals surface area contributed by atoms with E-state index in [1.54, 1.807) is 6.07 Å². The highest BCUT2D eigenvalue weighted by Gasteiger charge is 2.12. The van der Waals surface area contributed by atoms with Crippen molar-refractivity contribution >= 4 is 33.4 Å². The van der Waals surface area contributed by atoms with Crippen LogP contribution in [0.2, 0.25) is 5.02 Å². The molecule has 3 nitrogen and oxygen atoms in total. The van der Waals surface area contributed by atoms with Gasteiger partial charge in [-0.15, -0.1) is 0 Å². The first-order valence-corrected chi connectivity index (χ1v) is 8.42. The van der Waals surface area contributed by atoms with Gasteiger partial charge in [0, 0.05) is 28.4 Å². The van der Waals surface area contributed by atoms with E-state index in [1.807, 2.05) is 30.3 Å². The Bertz CT molecular complexity index is 915. The zero-order chi connectivity index (χ0) is 16.4. The first kappa shape index (κ1) is 15.9. The van der Waals surface area contributed by atoms with Crippen LogP contribution in [0.25, 0.3) is 21.8 Å². The van der Waals surface area contributed by atoms with Gasteiger partial charge in [0.1, 0.15) is 5.75 Å². The number of benzene rings is 2. The molecule has 0 amide bonds. The van der Waals surface area contributed by atoms with Crippen LogP contribution >= 0.6 is 11.6 Å². The lowest BCUT2D eigenvalue weighted by atomic mass is 10.1. The first-order valence-electron chi connectivity index (χ1n) is 8.04. The fourth-order valence-corrected chi connectivity index (χ4v) is 3.06. The van der Waals surface area contributed by atoms with E-state index in [0.29, 0.717) is 17.0 Å². The third-order valence-corrected chi connectivity index (χ3v) is 4.15. The lowest BCUT2D eigenvalue weighted by molar-refractivity contribution is 0.317. The van der Waals surface area contributed by atoms with Crippen molar-refractivity contribution in [2.45, 2.75) is 33.2 Å². The minimum Gasteiger partial charge on any atom is -0.494 e. The molecule has 0 N–H and O–H groups in total. The molecule has 0 saturated heterocycles. The van der Waals surface area contributed by atoms with E-state index in [1.165, 1.54) is 0 Å². The molecule has 1 heterocycles. The Labute approximate surface area is 140 Å². The highest BCUT2D eigenvalue weighted by molar-refractivity contribution is 6.31. The topological polar surface area (TPSA) is 31.2 Å². The second-order valence-corrected chi connectivity index (χ2v) is 6.11. The fourth-order valence-electron chi connectivity index (χ4n) is 2.90. The third kappa shape index (κ3) is 2.93. The molecule has 0 spiro atoms. The summed E-state index contributed by atoms with van der Waals surface area (Å²) in [5, 5.41) is 2.06. The fraction of sp³-hybridized carbons (Fsp3) is 0.316. The predicted molar refractivity (Wildman–Crippen MR) is 96.8 cm³/mol. The molecule has 3 aromatic rings. The summed E-state index contributed by atoms with van der Waals surface area (Å²) in [4.78, 5) is 12.8. The minimum atomic E-state index is 0.0426. The molecule has 2 aromatic carbocycles. The number of halogens is 1. The molecule has 23 heavy (non-hydrogen) atoms. The van der Waals surface area contributed by atoms with Gasteiger partial charge in [0.05, 0.1) is 17.6 Å². The summed E-state index contributed by atoms with van der Waals surface area (Å²) in [7, 11) is 0. The maximum atomic E-state index is 12.8. The summed E-state index contributed by atoms with van der Waals surface area (Å²) in [6, 6.07) is 11.1. The summed E-state index contributed by atoms with van der Waals surface area (Å²) in [6.07, 6.45) is 1.92. The van der Waals surface area contributed by atoms with E-state index < -0.39 is 0 Å². The van der Waals surface area contributed by atoms with Crippen molar-refractivity contribution in [2.75, 3.05) is 6.61 Å². The zero-order valence-electron chi connectivity index (χ0n) is 13.4. The molecular formula is C19H20ClNO2. The molecule has 3 rings (SSSR count). The molecule has 0 unspecified atom stereocenters. The zero-order valence-corrected chi connectivity index (χ0v) is 14.2. The second-order valence-electron chi connectivity index (χ2n) is 5.67. The second kappa shape index (κ2) is 6.63. The average molecular weight is 330 g/mol. The summed E-state index contributed by atoms with van der Waals surface area (Å²) >= 11 is 6.15. The van der Waals surface area contributed by atoms with E-state index >= 15 is 0 Å². The number of pyridine rings is 1.